The molecular formula is C17H16ClFN2O3. The number of nitrogens with zero attached hydrogens (tertiary/aromatic N) is 1. The number of halogens is 2. The summed E-state index contributed by atoms with van der Waals surface area (Å²) in [7, 11) is 0. The number of carbonyl (C=O) groups is 1. The Bertz CT molecular complexity index is 718. The van der Waals surface area contributed by atoms with E-state index < -0.39 is 0 Å². The van der Waals surface area contributed by atoms with Gasteiger partial charge in [-0.2, -0.15) is 0 Å². The van der Waals surface area contributed by atoms with Crippen molar-refractivity contribution in [2.75, 3.05) is 18.5 Å². The van der Waals surface area contributed by atoms with E-state index in [4.69, 9.17) is 21.1 Å². The number of nitrogens with one attached hydrogen (secondary N) is 1. The Morgan fingerprint density at radius 2 is 2.00 bits per heavy atom. The molecule has 0 atom stereocenters. The highest BCUT2D eigenvalue weighted by Gasteiger charge is 2.18. The van der Waals surface area contributed by atoms with E-state index in [1.165, 1.54) is 36.5 Å². The van der Waals surface area contributed by atoms with Crippen molar-refractivity contribution in [3.63, 3.8) is 0 Å². The normalized spacial score (nSPS) is 15.1. The van der Waals surface area contributed by atoms with Gasteiger partial charge in [-0.3, -0.25) is 4.79 Å². The molecule has 0 bridgehead atoms. The summed E-state index contributed by atoms with van der Waals surface area (Å²) in [6.45, 7) is 1.31. The van der Waals surface area contributed by atoms with Crippen molar-refractivity contribution >= 4 is 23.2 Å². The van der Waals surface area contributed by atoms with Gasteiger partial charge in [-0.05, 0) is 30.3 Å². The average Bonchev–Trinajstić information content (AvgIpc) is 2.59. The molecule has 1 amide bonds. The molecule has 0 aliphatic carbocycles. The lowest BCUT2D eigenvalue weighted by molar-refractivity contribution is 0.0238. The third-order valence-electron chi connectivity index (χ3n) is 3.62. The Morgan fingerprint density at radius 3 is 2.67 bits per heavy atom. The van der Waals surface area contributed by atoms with E-state index >= 15 is 0 Å². The van der Waals surface area contributed by atoms with Crippen molar-refractivity contribution in [3.8, 4) is 5.88 Å². The minimum Gasteiger partial charge on any atom is -0.473 e. The van der Waals surface area contributed by atoms with Crippen LogP contribution in [0, 0.1) is 5.82 Å². The zero-order valence-electron chi connectivity index (χ0n) is 12.8. The highest BCUT2D eigenvalue weighted by molar-refractivity contribution is 6.32. The maximum atomic E-state index is 12.9. The largest absolute Gasteiger partial charge is 0.473 e. The van der Waals surface area contributed by atoms with Crippen LogP contribution in [0.25, 0.3) is 0 Å². The van der Waals surface area contributed by atoms with Crippen LogP contribution in [0.2, 0.25) is 5.02 Å². The lowest BCUT2D eigenvalue weighted by Gasteiger charge is -2.23. The van der Waals surface area contributed by atoms with E-state index in [0.29, 0.717) is 30.3 Å². The standard InChI is InChI=1S/C17H16ClFN2O3/c18-15-9-11(16(22)21-13-3-1-12(19)2-4-13)10-20-17(15)24-14-5-7-23-8-6-14/h1-4,9-10,14H,5-8H2,(H,21,22). The van der Waals surface area contributed by atoms with Gasteiger partial charge < -0.3 is 14.8 Å². The van der Waals surface area contributed by atoms with Gasteiger partial charge in [0.15, 0.2) is 0 Å². The van der Waals surface area contributed by atoms with Gasteiger partial charge >= 0.3 is 0 Å². The second-order valence-electron chi connectivity index (χ2n) is 5.40. The highest BCUT2D eigenvalue weighted by Crippen LogP contribution is 2.26. The molecule has 1 aromatic carbocycles. The topological polar surface area (TPSA) is 60.5 Å². The molecule has 3 rings (SSSR count). The van der Waals surface area contributed by atoms with E-state index in [1.54, 1.807) is 0 Å². The van der Waals surface area contributed by atoms with Gasteiger partial charge in [-0.25, -0.2) is 9.37 Å². The third kappa shape index (κ3) is 4.21. The number of rotatable bonds is 4. The molecule has 1 N–H and O–H groups in total. The maximum Gasteiger partial charge on any atom is 0.257 e. The van der Waals surface area contributed by atoms with Crippen molar-refractivity contribution in [1.82, 2.24) is 4.98 Å². The number of pyridine rings is 1. The first-order chi connectivity index (χ1) is 11.6. The Hall–Kier alpha value is -2.18. The summed E-state index contributed by atoms with van der Waals surface area (Å²) in [5.41, 5.74) is 0.781. The van der Waals surface area contributed by atoms with Gasteiger partial charge in [0, 0.05) is 24.7 Å². The first-order valence-electron chi connectivity index (χ1n) is 7.58. The summed E-state index contributed by atoms with van der Waals surface area (Å²) in [4.78, 5) is 16.3. The molecule has 126 valence electrons. The number of aromatic nitrogens is 1. The number of benzene rings is 1. The quantitative estimate of drug-likeness (QED) is 0.913. The van der Waals surface area contributed by atoms with Gasteiger partial charge in [0.25, 0.3) is 5.91 Å². The molecule has 2 heterocycles. The molecule has 1 aromatic heterocycles. The summed E-state index contributed by atoms with van der Waals surface area (Å²) >= 11 is 6.17. The summed E-state index contributed by atoms with van der Waals surface area (Å²) < 4.78 is 23.9. The molecule has 0 saturated carbocycles. The van der Waals surface area contributed by atoms with Crippen LogP contribution in [0.5, 0.6) is 5.88 Å². The monoisotopic (exact) mass is 350 g/mol. The number of amides is 1. The number of hydrogen-bond donors (Lipinski definition) is 1. The molecule has 7 heteroatoms. The minimum atomic E-state index is -0.381. The van der Waals surface area contributed by atoms with Crippen LogP contribution in [0.4, 0.5) is 10.1 Å². The lowest BCUT2D eigenvalue weighted by atomic mass is 10.1. The van der Waals surface area contributed by atoms with Crippen LogP contribution in [-0.4, -0.2) is 30.2 Å². The summed E-state index contributed by atoms with van der Waals surface area (Å²) in [6.07, 6.45) is 2.98. The molecule has 1 aliphatic rings. The lowest BCUT2D eigenvalue weighted by Crippen LogP contribution is -2.26. The van der Waals surface area contributed by atoms with Crippen molar-refractivity contribution in [3.05, 3.63) is 52.9 Å². The fourth-order valence-electron chi connectivity index (χ4n) is 2.32. The van der Waals surface area contributed by atoms with E-state index in [2.05, 4.69) is 10.3 Å². The number of hydrogen-bond acceptors (Lipinski definition) is 4. The fourth-order valence-corrected chi connectivity index (χ4v) is 2.54. The maximum absolute atomic E-state index is 12.9. The highest BCUT2D eigenvalue weighted by atomic mass is 35.5. The zero-order chi connectivity index (χ0) is 16.9. The van der Waals surface area contributed by atoms with E-state index in [1.807, 2.05) is 0 Å². The average molecular weight is 351 g/mol. The molecule has 1 aliphatic heterocycles. The fraction of sp³-hybridized carbons (Fsp3) is 0.294. The van der Waals surface area contributed by atoms with Gasteiger partial charge in [0.2, 0.25) is 5.88 Å². The number of ether oxygens (including phenoxy) is 2. The Labute approximate surface area is 143 Å². The second-order valence-corrected chi connectivity index (χ2v) is 5.81. The molecule has 2 aromatic rings. The van der Waals surface area contributed by atoms with Crippen LogP contribution in [0.15, 0.2) is 36.5 Å². The zero-order valence-corrected chi connectivity index (χ0v) is 13.6. The molecule has 24 heavy (non-hydrogen) atoms. The van der Waals surface area contributed by atoms with Crippen molar-refractivity contribution in [2.45, 2.75) is 18.9 Å². The summed E-state index contributed by atoms with van der Waals surface area (Å²) in [5, 5.41) is 2.92. The van der Waals surface area contributed by atoms with Crippen LogP contribution in [-0.2, 0) is 4.74 Å². The molecule has 1 saturated heterocycles. The molecule has 0 spiro atoms. The Balaban J connectivity index is 1.66. The smallest absolute Gasteiger partial charge is 0.257 e. The molecule has 1 fully saturated rings. The van der Waals surface area contributed by atoms with E-state index in [0.717, 1.165) is 12.8 Å². The third-order valence-corrected chi connectivity index (χ3v) is 3.89. The predicted molar refractivity (Wildman–Crippen MR) is 88.1 cm³/mol. The SMILES string of the molecule is O=C(Nc1ccc(F)cc1)c1cnc(OC2CCOCC2)c(Cl)c1. The first kappa shape index (κ1) is 16.7. The van der Waals surface area contributed by atoms with Gasteiger partial charge in [-0.1, -0.05) is 11.6 Å². The first-order valence-corrected chi connectivity index (χ1v) is 7.96. The van der Waals surface area contributed by atoms with Crippen LogP contribution in [0.3, 0.4) is 0 Å². The molecule has 0 unspecified atom stereocenters. The van der Waals surface area contributed by atoms with Crippen LogP contribution in [0.1, 0.15) is 23.2 Å². The summed E-state index contributed by atoms with van der Waals surface area (Å²) in [6, 6.07) is 7.00. The van der Waals surface area contributed by atoms with Crippen molar-refractivity contribution in [2.24, 2.45) is 0 Å². The van der Waals surface area contributed by atoms with Crippen molar-refractivity contribution < 1.29 is 18.7 Å². The van der Waals surface area contributed by atoms with Gasteiger partial charge in [-0.15, -0.1) is 0 Å². The summed E-state index contributed by atoms with van der Waals surface area (Å²) in [5.74, 6) is -0.442. The molecular weight excluding hydrogens is 335 g/mol. The van der Waals surface area contributed by atoms with Gasteiger partial charge in [0.05, 0.1) is 18.8 Å². The number of anilines is 1. The Morgan fingerprint density at radius 1 is 1.29 bits per heavy atom. The second kappa shape index (κ2) is 7.59. The Kier molecular flexibility index (Phi) is 5.27. The van der Waals surface area contributed by atoms with E-state index in [-0.39, 0.29) is 22.9 Å². The predicted octanol–water partition coefficient (Wildman–Crippen LogP) is 3.68. The number of carbonyl (C=O) groups excluding carboxylic acids is 1. The van der Waals surface area contributed by atoms with Crippen LogP contribution >= 0.6 is 11.6 Å². The molecule has 0 radical (unpaired) electrons. The molecule has 5 nitrogen and oxygen atoms in total. The van der Waals surface area contributed by atoms with Crippen LogP contribution < -0.4 is 10.1 Å². The minimum absolute atomic E-state index is 0.0163. The van der Waals surface area contributed by atoms with E-state index in [9.17, 15) is 9.18 Å². The van der Waals surface area contributed by atoms with Crippen molar-refractivity contribution in [1.29, 1.82) is 0 Å². The van der Waals surface area contributed by atoms with Gasteiger partial charge in [0.1, 0.15) is 16.9 Å².